The predicted molar refractivity (Wildman–Crippen MR) is 71.2 cm³/mol. The van der Waals surface area contributed by atoms with E-state index in [9.17, 15) is 5.11 Å². The van der Waals surface area contributed by atoms with Crippen molar-refractivity contribution in [2.24, 2.45) is 5.92 Å². The van der Waals surface area contributed by atoms with Crippen molar-refractivity contribution >= 4 is 0 Å². The Morgan fingerprint density at radius 1 is 1.15 bits per heavy atom. The molecule has 3 heterocycles. The molecule has 1 N–H and O–H groups in total. The maximum Gasteiger partial charge on any atom is 0.227 e. The molecule has 0 amide bonds. The molecule has 0 radical (unpaired) electrons. The monoisotopic (exact) mass is 278 g/mol. The second-order valence-electron chi connectivity index (χ2n) is 6.58. The Kier molecular flexibility index (Phi) is 3.27. The van der Waals surface area contributed by atoms with Crippen molar-refractivity contribution < 1.29 is 14.4 Å². The van der Waals surface area contributed by atoms with Gasteiger partial charge in [-0.25, -0.2) is 0 Å². The van der Waals surface area contributed by atoms with E-state index < -0.39 is 0 Å². The summed E-state index contributed by atoms with van der Waals surface area (Å²) in [5.74, 6) is 2.11. The Labute approximate surface area is 118 Å². The zero-order chi connectivity index (χ0) is 13.5. The average molecular weight is 278 g/mol. The molecule has 0 spiro atoms. The van der Waals surface area contributed by atoms with E-state index in [4.69, 9.17) is 9.26 Å². The maximum atomic E-state index is 10.0. The lowest BCUT2D eigenvalue weighted by Crippen LogP contribution is -2.26. The number of hydrogen-bond donors (Lipinski definition) is 1. The van der Waals surface area contributed by atoms with Gasteiger partial charge < -0.3 is 14.4 Å². The number of fused-ring (bicyclic) bond motifs is 2. The molecule has 5 unspecified atom stereocenters. The fourth-order valence-electron chi connectivity index (χ4n) is 4.06. The van der Waals surface area contributed by atoms with Gasteiger partial charge in [-0.3, -0.25) is 0 Å². The van der Waals surface area contributed by atoms with Crippen molar-refractivity contribution in [1.29, 1.82) is 0 Å². The lowest BCUT2D eigenvalue weighted by atomic mass is 9.84. The first kappa shape index (κ1) is 12.8. The van der Waals surface area contributed by atoms with Crippen LogP contribution in [0.3, 0.4) is 0 Å². The normalized spacial score (nSPS) is 40.4. The molecular weight excluding hydrogens is 256 g/mol. The summed E-state index contributed by atoms with van der Waals surface area (Å²) in [5, 5.41) is 14.2. The van der Waals surface area contributed by atoms with Gasteiger partial charge in [0.25, 0.3) is 0 Å². The second-order valence-corrected chi connectivity index (χ2v) is 6.58. The number of aromatic nitrogens is 2. The first-order valence-electron chi connectivity index (χ1n) is 7.95. The Balaban J connectivity index is 1.43. The first-order chi connectivity index (χ1) is 9.79. The summed E-state index contributed by atoms with van der Waals surface area (Å²) >= 11 is 0. The van der Waals surface area contributed by atoms with Crippen molar-refractivity contribution in [3.63, 3.8) is 0 Å². The zero-order valence-corrected chi connectivity index (χ0v) is 11.7. The summed E-state index contributed by atoms with van der Waals surface area (Å²) in [6.45, 7) is 0. The molecule has 1 aliphatic carbocycles. The van der Waals surface area contributed by atoms with Crippen LogP contribution >= 0.6 is 0 Å². The molecule has 2 bridgehead atoms. The quantitative estimate of drug-likeness (QED) is 0.918. The van der Waals surface area contributed by atoms with Crippen molar-refractivity contribution in [2.45, 2.75) is 75.6 Å². The van der Waals surface area contributed by atoms with Crippen molar-refractivity contribution in [3.05, 3.63) is 11.7 Å². The van der Waals surface area contributed by atoms with Gasteiger partial charge in [0.15, 0.2) is 5.82 Å². The van der Waals surface area contributed by atoms with Crippen LogP contribution in [0.4, 0.5) is 0 Å². The maximum absolute atomic E-state index is 10.0. The minimum atomic E-state index is -0.204. The van der Waals surface area contributed by atoms with E-state index in [0.29, 0.717) is 24.0 Å². The van der Waals surface area contributed by atoms with E-state index in [-0.39, 0.29) is 12.0 Å². The summed E-state index contributed by atoms with van der Waals surface area (Å²) in [5.41, 5.74) is 0. The number of aliphatic hydroxyl groups is 1. The largest absolute Gasteiger partial charge is 0.393 e. The Morgan fingerprint density at radius 2 is 2.05 bits per heavy atom. The molecule has 1 saturated carbocycles. The zero-order valence-electron chi connectivity index (χ0n) is 11.7. The van der Waals surface area contributed by atoms with Crippen LogP contribution in [-0.4, -0.2) is 33.6 Å². The molecule has 5 heteroatoms. The molecule has 0 aromatic carbocycles. The number of aliphatic hydroxyl groups excluding tert-OH is 1. The molecule has 3 aliphatic rings. The van der Waals surface area contributed by atoms with Gasteiger partial charge in [0.2, 0.25) is 5.89 Å². The van der Waals surface area contributed by atoms with E-state index in [1.165, 1.54) is 12.8 Å². The summed E-state index contributed by atoms with van der Waals surface area (Å²) in [7, 11) is 0. The lowest BCUT2D eigenvalue weighted by molar-refractivity contribution is 0.0657. The highest BCUT2D eigenvalue weighted by Crippen LogP contribution is 2.43. The van der Waals surface area contributed by atoms with E-state index in [1.54, 1.807) is 0 Å². The van der Waals surface area contributed by atoms with Crippen LogP contribution in [0.5, 0.6) is 0 Å². The minimum absolute atomic E-state index is 0.204. The van der Waals surface area contributed by atoms with Gasteiger partial charge >= 0.3 is 0 Å². The lowest BCUT2D eigenvalue weighted by Gasteiger charge is -2.26. The van der Waals surface area contributed by atoms with Gasteiger partial charge in [-0.05, 0) is 38.0 Å². The van der Waals surface area contributed by atoms with E-state index in [1.807, 2.05) is 0 Å². The van der Waals surface area contributed by atoms with Crippen molar-refractivity contribution in [1.82, 2.24) is 10.1 Å². The highest BCUT2D eigenvalue weighted by atomic mass is 16.5. The molecule has 20 heavy (non-hydrogen) atoms. The number of rotatable bonds is 3. The summed E-state index contributed by atoms with van der Waals surface area (Å²) in [6.07, 6.45) is 8.87. The summed E-state index contributed by atoms with van der Waals surface area (Å²) in [6, 6.07) is 0. The van der Waals surface area contributed by atoms with Crippen LogP contribution in [0.15, 0.2) is 4.52 Å². The van der Waals surface area contributed by atoms with Crippen LogP contribution in [0.1, 0.15) is 62.6 Å². The molecule has 5 nitrogen and oxygen atoms in total. The smallest absolute Gasteiger partial charge is 0.227 e. The Bertz CT molecular complexity index is 475. The van der Waals surface area contributed by atoms with E-state index >= 15 is 0 Å². The predicted octanol–water partition coefficient (Wildman–Crippen LogP) is 2.20. The number of nitrogens with zero attached hydrogens (tertiary/aromatic N) is 2. The third-order valence-corrected chi connectivity index (χ3v) is 5.23. The average Bonchev–Trinajstić information content (AvgIpc) is 3.16. The molecular formula is C15H22N2O3. The summed E-state index contributed by atoms with van der Waals surface area (Å²) < 4.78 is 11.3. The topological polar surface area (TPSA) is 68.4 Å². The highest BCUT2D eigenvalue weighted by molar-refractivity contribution is 5.07. The molecule has 4 rings (SSSR count). The van der Waals surface area contributed by atoms with Gasteiger partial charge in [-0.2, -0.15) is 4.98 Å². The van der Waals surface area contributed by atoms with Gasteiger partial charge in [0, 0.05) is 6.42 Å². The molecule has 1 aromatic heterocycles. The second kappa shape index (κ2) is 5.11. The van der Waals surface area contributed by atoms with Crippen molar-refractivity contribution in [2.75, 3.05) is 0 Å². The van der Waals surface area contributed by atoms with Crippen LogP contribution in [-0.2, 0) is 11.2 Å². The third kappa shape index (κ3) is 2.27. The Morgan fingerprint density at radius 3 is 2.80 bits per heavy atom. The molecule has 2 saturated heterocycles. The standard InChI is InChI=1S/C15H22N2O3/c18-12-4-2-1-3-9(12)7-14-16-15(17-20-14)11-8-10-5-6-13(11)19-10/h9-13,18H,1-8H2. The van der Waals surface area contributed by atoms with Gasteiger partial charge in [0.1, 0.15) is 0 Å². The fraction of sp³-hybridized carbons (Fsp3) is 0.867. The molecule has 110 valence electrons. The van der Waals surface area contributed by atoms with Crippen molar-refractivity contribution in [3.8, 4) is 0 Å². The van der Waals surface area contributed by atoms with Crippen LogP contribution < -0.4 is 0 Å². The van der Waals surface area contributed by atoms with E-state index in [0.717, 1.165) is 44.3 Å². The van der Waals surface area contributed by atoms with Gasteiger partial charge in [-0.1, -0.05) is 18.0 Å². The molecule has 5 atom stereocenters. The molecule has 1 aromatic rings. The molecule has 2 aliphatic heterocycles. The van der Waals surface area contributed by atoms with Crippen LogP contribution in [0.25, 0.3) is 0 Å². The van der Waals surface area contributed by atoms with Crippen LogP contribution in [0.2, 0.25) is 0 Å². The number of ether oxygens (including phenoxy) is 1. The first-order valence-corrected chi connectivity index (χ1v) is 7.95. The SMILES string of the molecule is OC1CCCCC1Cc1nc(C2CC3CCC2O3)no1. The van der Waals surface area contributed by atoms with Gasteiger partial charge in [-0.15, -0.1) is 0 Å². The molecule has 3 fully saturated rings. The highest BCUT2D eigenvalue weighted by Gasteiger charge is 2.43. The fourth-order valence-corrected chi connectivity index (χ4v) is 4.06. The van der Waals surface area contributed by atoms with Gasteiger partial charge in [0.05, 0.1) is 24.2 Å². The Hall–Kier alpha value is -0.940. The minimum Gasteiger partial charge on any atom is -0.393 e. The van der Waals surface area contributed by atoms with E-state index in [2.05, 4.69) is 10.1 Å². The van der Waals surface area contributed by atoms with Crippen LogP contribution in [0, 0.1) is 5.92 Å². The third-order valence-electron chi connectivity index (χ3n) is 5.23. The summed E-state index contributed by atoms with van der Waals surface area (Å²) in [4.78, 5) is 4.57. The number of hydrogen-bond acceptors (Lipinski definition) is 5.